The van der Waals surface area contributed by atoms with Crippen molar-refractivity contribution in [3.05, 3.63) is 64.4 Å². The first-order valence-corrected chi connectivity index (χ1v) is 7.07. The van der Waals surface area contributed by atoms with Crippen LogP contribution in [-0.4, -0.2) is 18.9 Å². The lowest BCUT2D eigenvalue weighted by molar-refractivity contribution is 0.304. The molecule has 2 aromatic rings. The number of nitrogens with zero attached hydrogens (tertiary/aromatic N) is 1. The highest BCUT2D eigenvalue weighted by atomic mass is 35.5. The number of ether oxygens (including phenoxy) is 1. The van der Waals surface area contributed by atoms with Crippen LogP contribution in [0.3, 0.4) is 0 Å². The number of benzene rings is 2. The Bertz CT molecular complexity index is 688. The molecule has 0 spiro atoms. The minimum absolute atomic E-state index is 0.281. The summed E-state index contributed by atoms with van der Waals surface area (Å²) in [6, 6.07) is 12.2. The van der Waals surface area contributed by atoms with Crippen LogP contribution >= 0.6 is 11.6 Å². The predicted molar refractivity (Wildman–Crippen MR) is 81.6 cm³/mol. The molecule has 0 bridgehead atoms. The van der Waals surface area contributed by atoms with Crippen LogP contribution in [0.5, 0.6) is 5.75 Å². The summed E-state index contributed by atoms with van der Waals surface area (Å²) in [4.78, 5) is 4.26. The van der Waals surface area contributed by atoms with Crippen LogP contribution in [0.1, 0.15) is 11.1 Å². The third kappa shape index (κ3) is 3.00. The maximum absolute atomic E-state index is 14.1. The zero-order chi connectivity index (χ0) is 14.7. The van der Waals surface area contributed by atoms with Crippen molar-refractivity contribution in [3.63, 3.8) is 0 Å². The highest BCUT2D eigenvalue weighted by molar-refractivity contribution is 6.31. The monoisotopic (exact) mass is 304 g/mol. The molecule has 0 unspecified atom stereocenters. The van der Waals surface area contributed by atoms with Gasteiger partial charge in [0.1, 0.15) is 24.0 Å². The Kier molecular flexibility index (Phi) is 4.06. The lowest BCUT2D eigenvalue weighted by atomic mass is 10.1. The Morgan fingerprint density at radius 2 is 2.05 bits per heavy atom. The fourth-order valence-electron chi connectivity index (χ4n) is 2.19. The van der Waals surface area contributed by atoms with E-state index < -0.39 is 0 Å². The molecule has 0 amide bonds. The Hall–Kier alpha value is -2.07. The van der Waals surface area contributed by atoms with E-state index in [0.717, 1.165) is 5.56 Å². The molecule has 1 aliphatic rings. The zero-order valence-corrected chi connectivity index (χ0v) is 12.0. The van der Waals surface area contributed by atoms with E-state index in [-0.39, 0.29) is 12.4 Å². The number of hydrogen-bond acceptors (Lipinski definition) is 3. The Morgan fingerprint density at radius 3 is 2.81 bits per heavy atom. The van der Waals surface area contributed by atoms with Crippen molar-refractivity contribution >= 4 is 17.4 Å². The van der Waals surface area contributed by atoms with Gasteiger partial charge in [0.2, 0.25) is 0 Å². The first-order valence-electron chi connectivity index (χ1n) is 6.69. The second-order valence-corrected chi connectivity index (χ2v) is 5.06. The van der Waals surface area contributed by atoms with Gasteiger partial charge in [-0.25, -0.2) is 4.39 Å². The average Bonchev–Trinajstić information content (AvgIpc) is 3.00. The molecule has 1 aliphatic heterocycles. The quantitative estimate of drug-likeness (QED) is 0.939. The van der Waals surface area contributed by atoms with Crippen LogP contribution in [0.4, 0.5) is 4.39 Å². The van der Waals surface area contributed by atoms with Gasteiger partial charge in [0.05, 0.1) is 12.1 Å². The summed E-state index contributed by atoms with van der Waals surface area (Å²) in [5.41, 5.74) is 1.23. The zero-order valence-electron chi connectivity index (χ0n) is 11.3. The Morgan fingerprint density at radius 1 is 1.19 bits per heavy atom. The molecule has 108 valence electrons. The minimum Gasteiger partial charge on any atom is -0.488 e. The van der Waals surface area contributed by atoms with E-state index in [1.165, 1.54) is 6.07 Å². The lowest BCUT2D eigenvalue weighted by Crippen LogP contribution is -2.21. The summed E-state index contributed by atoms with van der Waals surface area (Å²) in [6.45, 7) is 1.64. The summed E-state index contributed by atoms with van der Waals surface area (Å²) in [7, 11) is 0. The molecule has 0 saturated heterocycles. The van der Waals surface area contributed by atoms with Gasteiger partial charge in [-0.05, 0) is 18.2 Å². The third-order valence-corrected chi connectivity index (χ3v) is 3.60. The molecule has 21 heavy (non-hydrogen) atoms. The fraction of sp³-hybridized carbons (Fsp3) is 0.188. The van der Waals surface area contributed by atoms with Crippen molar-refractivity contribution in [2.24, 2.45) is 4.99 Å². The van der Waals surface area contributed by atoms with Crippen LogP contribution in [0, 0.1) is 5.82 Å². The number of aliphatic imine (C=N–C) groups is 1. The Balaban J connectivity index is 1.86. The lowest BCUT2D eigenvalue weighted by Gasteiger charge is -2.13. The van der Waals surface area contributed by atoms with Crippen molar-refractivity contribution in [2.75, 3.05) is 13.1 Å². The fourth-order valence-corrected chi connectivity index (χ4v) is 2.38. The summed E-state index contributed by atoms with van der Waals surface area (Å²) in [6.07, 6.45) is 0. The normalized spacial score (nSPS) is 13.7. The molecule has 0 atom stereocenters. The van der Waals surface area contributed by atoms with Crippen LogP contribution in [0.25, 0.3) is 0 Å². The molecular weight excluding hydrogens is 291 g/mol. The highest BCUT2D eigenvalue weighted by Crippen LogP contribution is 2.25. The average molecular weight is 305 g/mol. The minimum atomic E-state index is -0.347. The molecule has 1 N–H and O–H groups in total. The number of nitrogens with one attached hydrogen (secondary N) is 1. The van der Waals surface area contributed by atoms with Crippen molar-refractivity contribution < 1.29 is 9.13 Å². The highest BCUT2D eigenvalue weighted by Gasteiger charge is 2.18. The van der Waals surface area contributed by atoms with Crippen molar-refractivity contribution in [2.45, 2.75) is 6.61 Å². The van der Waals surface area contributed by atoms with Gasteiger partial charge in [0.15, 0.2) is 0 Å². The van der Waals surface area contributed by atoms with Gasteiger partial charge in [-0.2, -0.15) is 0 Å². The van der Waals surface area contributed by atoms with Gasteiger partial charge < -0.3 is 10.1 Å². The molecule has 0 aromatic heterocycles. The number of amidine groups is 1. The molecule has 1 heterocycles. The molecule has 0 radical (unpaired) electrons. The van der Waals surface area contributed by atoms with Gasteiger partial charge >= 0.3 is 0 Å². The van der Waals surface area contributed by atoms with E-state index in [9.17, 15) is 4.39 Å². The molecule has 0 fully saturated rings. The van der Waals surface area contributed by atoms with E-state index in [0.29, 0.717) is 35.3 Å². The number of hydrogen-bond donors (Lipinski definition) is 1. The maximum atomic E-state index is 14.1. The van der Waals surface area contributed by atoms with E-state index >= 15 is 0 Å². The molecular formula is C16H14ClFN2O. The maximum Gasteiger partial charge on any atom is 0.137 e. The third-order valence-electron chi connectivity index (χ3n) is 3.23. The van der Waals surface area contributed by atoms with Gasteiger partial charge in [0.25, 0.3) is 0 Å². The molecule has 3 nitrogen and oxygen atoms in total. The second-order valence-electron chi connectivity index (χ2n) is 4.65. The molecule has 2 aromatic carbocycles. The van der Waals surface area contributed by atoms with E-state index in [4.69, 9.17) is 16.3 Å². The van der Waals surface area contributed by atoms with Crippen molar-refractivity contribution in [3.8, 4) is 5.75 Å². The topological polar surface area (TPSA) is 33.6 Å². The van der Waals surface area contributed by atoms with Crippen LogP contribution in [0.2, 0.25) is 5.02 Å². The van der Waals surface area contributed by atoms with Crippen LogP contribution in [-0.2, 0) is 6.61 Å². The second kappa shape index (κ2) is 6.14. The number of rotatable bonds is 4. The smallest absolute Gasteiger partial charge is 0.137 e. The Labute approximate surface area is 127 Å². The molecule has 3 rings (SSSR count). The van der Waals surface area contributed by atoms with Gasteiger partial charge in [-0.1, -0.05) is 35.9 Å². The summed E-state index contributed by atoms with van der Waals surface area (Å²) in [5, 5.41) is 3.70. The molecule has 5 heteroatoms. The van der Waals surface area contributed by atoms with E-state index in [1.54, 1.807) is 18.2 Å². The van der Waals surface area contributed by atoms with E-state index in [2.05, 4.69) is 10.3 Å². The van der Waals surface area contributed by atoms with Crippen molar-refractivity contribution in [1.82, 2.24) is 5.32 Å². The van der Waals surface area contributed by atoms with Crippen molar-refractivity contribution in [1.29, 1.82) is 0 Å². The van der Waals surface area contributed by atoms with Crippen LogP contribution in [0.15, 0.2) is 47.5 Å². The van der Waals surface area contributed by atoms with Gasteiger partial charge in [-0.3, -0.25) is 4.99 Å². The largest absolute Gasteiger partial charge is 0.488 e. The predicted octanol–water partition coefficient (Wildman–Crippen LogP) is 3.41. The standard InChI is InChI=1S/C16H14ClFN2O/c17-12-5-2-1-4-11(12)10-21-14-7-3-6-13(18)15(14)16-19-8-9-20-16/h1-7H,8-10H2,(H,19,20). The summed E-state index contributed by atoms with van der Waals surface area (Å²) >= 11 is 6.10. The molecule has 0 saturated carbocycles. The first-order chi connectivity index (χ1) is 10.3. The van der Waals surface area contributed by atoms with E-state index in [1.807, 2.05) is 18.2 Å². The van der Waals surface area contributed by atoms with Crippen LogP contribution < -0.4 is 10.1 Å². The summed E-state index contributed by atoms with van der Waals surface area (Å²) in [5.74, 6) is 0.658. The van der Waals surface area contributed by atoms with Gasteiger partial charge in [-0.15, -0.1) is 0 Å². The van der Waals surface area contributed by atoms with Gasteiger partial charge in [0, 0.05) is 17.1 Å². The number of halogens is 2. The summed E-state index contributed by atoms with van der Waals surface area (Å²) < 4.78 is 19.8. The SMILES string of the molecule is Fc1cccc(OCc2ccccc2Cl)c1C1=NCCN1. The first kappa shape index (κ1) is 13.9. The molecule has 0 aliphatic carbocycles.